The zero-order valence-electron chi connectivity index (χ0n) is 13.6. The molecular formula is C18H24BrNO3. The summed E-state index contributed by atoms with van der Waals surface area (Å²) in [4.78, 5) is 23.3. The smallest absolute Gasteiger partial charge is 0.306 e. The van der Waals surface area contributed by atoms with Crippen LogP contribution in [0.15, 0.2) is 28.7 Å². The predicted octanol–water partition coefficient (Wildman–Crippen LogP) is 3.73. The second-order valence-corrected chi connectivity index (χ2v) is 7.91. The van der Waals surface area contributed by atoms with Gasteiger partial charge in [-0.3, -0.25) is 9.59 Å². The first kappa shape index (κ1) is 18.0. The molecule has 2 rings (SSSR count). The lowest BCUT2D eigenvalue weighted by atomic mass is 9.81. The van der Waals surface area contributed by atoms with Gasteiger partial charge < -0.3 is 10.4 Å². The van der Waals surface area contributed by atoms with Crippen molar-refractivity contribution in [1.29, 1.82) is 0 Å². The maximum absolute atomic E-state index is 12.3. The van der Waals surface area contributed by atoms with E-state index < -0.39 is 5.97 Å². The minimum Gasteiger partial charge on any atom is -0.481 e. The van der Waals surface area contributed by atoms with Gasteiger partial charge in [-0.2, -0.15) is 0 Å². The highest BCUT2D eigenvalue weighted by atomic mass is 79.9. The summed E-state index contributed by atoms with van der Waals surface area (Å²) in [7, 11) is 0. The van der Waals surface area contributed by atoms with E-state index in [1.807, 2.05) is 12.1 Å². The maximum Gasteiger partial charge on any atom is 0.306 e. The number of carboxylic acids is 1. The van der Waals surface area contributed by atoms with Crippen molar-refractivity contribution in [1.82, 2.24) is 5.32 Å². The third-order valence-corrected chi connectivity index (χ3v) is 5.31. The average molecular weight is 382 g/mol. The molecular weight excluding hydrogens is 358 g/mol. The van der Waals surface area contributed by atoms with Crippen LogP contribution in [0.1, 0.15) is 45.1 Å². The molecule has 0 radical (unpaired) electrons. The molecule has 0 heterocycles. The molecule has 1 aliphatic carbocycles. The fourth-order valence-corrected chi connectivity index (χ4v) is 3.32. The number of rotatable bonds is 5. The molecule has 1 aliphatic rings. The van der Waals surface area contributed by atoms with Gasteiger partial charge in [0.15, 0.2) is 0 Å². The van der Waals surface area contributed by atoms with Crippen molar-refractivity contribution >= 4 is 27.8 Å². The van der Waals surface area contributed by atoms with E-state index >= 15 is 0 Å². The van der Waals surface area contributed by atoms with Crippen molar-refractivity contribution in [2.75, 3.05) is 6.54 Å². The summed E-state index contributed by atoms with van der Waals surface area (Å²) in [6.07, 6.45) is 2.54. The van der Waals surface area contributed by atoms with Crippen LogP contribution in [0.2, 0.25) is 0 Å². The molecule has 1 aromatic rings. The van der Waals surface area contributed by atoms with Gasteiger partial charge >= 0.3 is 5.97 Å². The topological polar surface area (TPSA) is 66.4 Å². The molecule has 23 heavy (non-hydrogen) atoms. The van der Waals surface area contributed by atoms with Crippen molar-refractivity contribution in [2.45, 2.75) is 44.9 Å². The zero-order valence-corrected chi connectivity index (χ0v) is 15.2. The Hall–Kier alpha value is -1.36. The normalized spacial score (nSPS) is 21.7. The minimum absolute atomic E-state index is 0.0497. The van der Waals surface area contributed by atoms with Crippen LogP contribution in [0, 0.1) is 11.8 Å². The first-order valence-corrected chi connectivity index (χ1v) is 8.85. The quantitative estimate of drug-likeness (QED) is 0.816. The first-order chi connectivity index (χ1) is 10.8. The molecule has 0 saturated heterocycles. The lowest BCUT2D eigenvalue weighted by Crippen LogP contribution is -2.41. The summed E-state index contributed by atoms with van der Waals surface area (Å²) in [6, 6.07) is 8.14. The molecule has 0 atom stereocenters. The maximum atomic E-state index is 12.3. The second-order valence-electron chi connectivity index (χ2n) is 7.00. The van der Waals surface area contributed by atoms with Gasteiger partial charge in [0.25, 0.3) is 0 Å². The van der Waals surface area contributed by atoms with E-state index in [4.69, 9.17) is 5.11 Å². The van der Waals surface area contributed by atoms with Crippen molar-refractivity contribution in [2.24, 2.45) is 11.8 Å². The van der Waals surface area contributed by atoms with Crippen molar-refractivity contribution in [3.05, 3.63) is 34.3 Å². The number of hydrogen-bond donors (Lipinski definition) is 2. The van der Waals surface area contributed by atoms with Crippen LogP contribution in [-0.4, -0.2) is 23.5 Å². The highest BCUT2D eigenvalue weighted by molar-refractivity contribution is 9.10. The number of carboxylic acid groups (broad SMARTS) is 1. The fraction of sp³-hybridized carbons (Fsp3) is 0.556. The Morgan fingerprint density at radius 3 is 2.17 bits per heavy atom. The van der Waals surface area contributed by atoms with Crippen LogP contribution >= 0.6 is 15.9 Å². The van der Waals surface area contributed by atoms with E-state index in [-0.39, 0.29) is 23.2 Å². The van der Waals surface area contributed by atoms with Crippen molar-refractivity contribution in [3.63, 3.8) is 0 Å². The third kappa shape index (κ3) is 4.80. The summed E-state index contributed by atoms with van der Waals surface area (Å²) in [6.45, 7) is 4.79. The molecule has 1 aromatic carbocycles. The highest BCUT2D eigenvalue weighted by Crippen LogP contribution is 2.29. The van der Waals surface area contributed by atoms with Crippen molar-refractivity contribution in [3.8, 4) is 0 Å². The van der Waals surface area contributed by atoms with Crippen molar-refractivity contribution < 1.29 is 14.7 Å². The van der Waals surface area contributed by atoms with Gasteiger partial charge in [0.1, 0.15) is 0 Å². The summed E-state index contributed by atoms with van der Waals surface area (Å²) in [5, 5.41) is 12.1. The fourth-order valence-electron chi connectivity index (χ4n) is 3.06. The number of nitrogens with one attached hydrogen (secondary N) is 1. The highest BCUT2D eigenvalue weighted by Gasteiger charge is 2.30. The Morgan fingerprint density at radius 2 is 1.65 bits per heavy atom. The first-order valence-electron chi connectivity index (χ1n) is 8.06. The number of halogens is 1. The molecule has 0 spiro atoms. The van der Waals surface area contributed by atoms with Gasteiger partial charge in [-0.1, -0.05) is 41.9 Å². The van der Waals surface area contributed by atoms with Crippen LogP contribution in [-0.2, 0) is 15.0 Å². The van der Waals surface area contributed by atoms with Gasteiger partial charge in [0, 0.05) is 22.4 Å². The molecule has 0 unspecified atom stereocenters. The van der Waals surface area contributed by atoms with E-state index in [1.165, 1.54) is 5.56 Å². The number of aliphatic carboxylic acids is 1. The number of carbonyl (C=O) groups excluding carboxylic acids is 1. The lowest BCUT2D eigenvalue weighted by Gasteiger charge is -2.29. The molecule has 126 valence electrons. The Morgan fingerprint density at radius 1 is 1.13 bits per heavy atom. The molecule has 1 amide bonds. The Balaban J connectivity index is 1.86. The molecule has 1 saturated carbocycles. The van der Waals surface area contributed by atoms with E-state index in [9.17, 15) is 9.59 Å². The standard InChI is InChI=1S/C18H24BrNO3/c1-18(2,14-7-9-15(19)10-8-14)11-20-16(21)12-3-5-13(6-4-12)17(22)23/h7-10,12-13H,3-6,11H2,1-2H3,(H,20,21)(H,22,23). The van der Waals surface area contributed by atoms with Crippen LogP contribution in [0.25, 0.3) is 0 Å². The van der Waals surface area contributed by atoms with Crippen LogP contribution < -0.4 is 5.32 Å². The zero-order chi connectivity index (χ0) is 17.0. The summed E-state index contributed by atoms with van der Waals surface area (Å²) >= 11 is 3.43. The number of carbonyl (C=O) groups is 2. The largest absolute Gasteiger partial charge is 0.481 e. The van der Waals surface area contributed by atoms with Crippen LogP contribution in [0.4, 0.5) is 0 Å². The number of benzene rings is 1. The SMILES string of the molecule is CC(C)(CNC(=O)C1CCC(C(=O)O)CC1)c1ccc(Br)cc1. The Labute approximate surface area is 145 Å². The molecule has 0 bridgehead atoms. The Bertz CT molecular complexity index is 560. The van der Waals surface area contributed by atoms with E-state index in [0.717, 1.165) is 4.47 Å². The number of amides is 1. The number of hydrogen-bond acceptors (Lipinski definition) is 2. The minimum atomic E-state index is -0.736. The monoisotopic (exact) mass is 381 g/mol. The lowest BCUT2D eigenvalue weighted by molar-refractivity contribution is -0.144. The van der Waals surface area contributed by atoms with Gasteiger partial charge in [0.2, 0.25) is 5.91 Å². The van der Waals surface area contributed by atoms with E-state index in [2.05, 4.69) is 47.2 Å². The average Bonchev–Trinajstić information content (AvgIpc) is 2.53. The molecule has 5 heteroatoms. The van der Waals surface area contributed by atoms with Gasteiger partial charge in [0.05, 0.1) is 5.92 Å². The summed E-state index contributed by atoms with van der Waals surface area (Å²) < 4.78 is 1.04. The molecule has 0 aliphatic heterocycles. The third-order valence-electron chi connectivity index (χ3n) is 4.78. The molecule has 2 N–H and O–H groups in total. The van der Waals surface area contributed by atoms with Crippen LogP contribution in [0.5, 0.6) is 0 Å². The Kier molecular flexibility index (Phi) is 5.84. The van der Waals surface area contributed by atoms with E-state index in [0.29, 0.717) is 32.2 Å². The van der Waals surface area contributed by atoms with Gasteiger partial charge in [-0.15, -0.1) is 0 Å². The molecule has 0 aromatic heterocycles. The van der Waals surface area contributed by atoms with Crippen LogP contribution in [0.3, 0.4) is 0 Å². The second kappa shape index (κ2) is 7.47. The summed E-state index contributed by atoms with van der Waals surface area (Å²) in [5.41, 5.74) is 1.03. The summed E-state index contributed by atoms with van der Waals surface area (Å²) in [5.74, 6) is -1.01. The molecule has 4 nitrogen and oxygen atoms in total. The van der Waals surface area contributed by atoms with Gasteiger partial charge in [-0.25, -0.2) is 0 Å². The van der Waals surface area contributed by atoms with E-state index in [1.54, 1.807) is 0 Å². The molecule has 1 fully saturated rings. The predicted molar refractivity (Wildman–Crippen MR) is 93.3 cm³/mol. The van der Waals surface area contributed by atoms with Gasteiger partial charge in [-0.05, 0) is 43.4 Å².